The minimum absolute atomic E-state index is 0.148. The van der Waals surface area contributed by atoms with E-state index in [-0.39, 0.29) is 5.91 Å². The number of nitrogens with one attached hydrogen (secondary N) is 1. The van der Waals surface area contributed by atoms with Crippen molar-refractivity contribution in [3.63, 3.8) is 0 Å². The molecular weight excluding hydrogens is 302 g/mol. The third-order valence-corrected chi connectivity index (χ3v) is 5.81. The summed E-state index contributed by atoms with van der Waals surface area (Å²) in [5.74, 6) is 0.148. The molecule has 1 aromatic carbocycles. The molecule has 0 spiro atoms. The summed E-state index contributed by atoms with van der Waals surface area (Å²) in [6, 6.07) is 9.66. The molecule has 0 radical (unpaired) electrons. The fourth-order valence-corrected chi connectivity index (χ4v) is 4.35. The third-order valence-electron chi connectivity index (χ3n) is 5.81. The highest BCUT2D eigenvalue weighted by atomic mass is 16.5. The van der Waals surface area contributed by atoms with Gasteiger partial charge in [-0.15, -0.1) is 0 Å². The number of benzene rings is 1. The molecule has 0 aliphatic carbocycles. The molecule has 1 aromatic rings. The van der Waals surface area contributed by atoms with Crippen LogP contribution < -0.4 is 10.2 Å². The van der Waals surface area contributed by atoms with E-state index in [9.17, 15) is 4.79 Å². The standard InChI is InChI=1S/C19H27N3O2/c1-21(18-12-15-4-5-16(13-18)20-15)19(23)14-2-6-17(7-3-14)22-8-10-24-11-9-22/h2-3,6-7,15-16,18,20H,4-5,8-13H2,1H3. The summed E-state index contributed by atoms with van der Waals surface area (Å²) in [4.78, 5) is 17.1. The maximum absolute atomic E-state index is 12.8. The molecule has 24 heavy (non-hydrogen) atoms. The van der Waals surface area contributed by atoms with Crippen molar-refractivity contribution >= 4 is 11.6 Å². The van der Waals surface area contributed by atoms with Crippen molar-refractivity contribution in [3.8, 4) is 0 Å². The first-order valence-corrected chi connectivity index (χ1v) is 9.16. The minimum Gasteiger partial charge on any atom is -0.378 e. The van der Waals surface area contributed by atoms with Crippen LogP contribution in [0.25, 0.3) is 0 Å². The Morgan fingerprint density at radius 3 is 2.38 bits per heavy atom. The topological polar surface area (TPSA) is 44.8 Å². The second-order valence-electron chi connectivity index (χ2n) is 7.33. The fourth-order valence-electron chi connectivity index (χ4n) is 4.35. The summed E-state index contributed by atoms with van der Waals surface area (Å²) in [7, 11) is 1.97. The van der Waals surface area contributed by atoms with Gasteiger partial charge in [0.05, 0.1) is 13.2 Å². The summed E-state index contributed by atoms with van der Waals surface area (Å²) in [5, 5.41) is 3.64. The normalized spacial score (nSPS) is 29.5. The van der Waals surface area contributed by atoms with Crippen molar-refractivity contribution in [3.05, 3.63) is 29.8 Å². The van der Waals surface area contributed by atoms with Gasteiger partial charge in [0.25, 0.3) is 5.91 Å². The number of hydrogen-bond donors (Lipinski definition) is 1. The number of hydrogen-bond acceptors (Lipinski definition) is 4. The van der Waals surface area contributed by atoms with E-state index >= 15 is 0 Å². The van der Waals surface area contributed by atoms with Gasteiger partial charge in [0.2, 0.25) is 0 Å². The minimum atomic E-state index is 0.148. The second-order valence-corrected chi connectivity index (χ2v) is 7.33. The van der Waals surface area contributed by atoms with E-state index in [0.717, 1.165) is 44.7 Å². The lowest BCUT2D eigenvalue weighted by Gasteiger charge is -2.35. The highest BCUT2D eigenvalue weighted by molar-refractivity contribution is 5.94. The quantitative estimate of drug-likeness (QED) is 0.920. The molecule has 5 nitrogen and oxygen atoms in total. The van der Waals surface area contributed by atoms with Crippen LogP contribution in [0.3, 0.4) is 0 Å². The molecule has 0 aromatic heterocycles. The molecule has 2 unspecified atom stereocenters. The lowest BCUT2D eigenvalue weighted by Crippen LogP contribution is -2.48. The van der Waals surface area contributed by atoms with Crippen molar-refractivity contribution in [1.82, 2.24) is 10.2 Å². The zero-order valence-corrected chi connectivity index (χ0v) is 14.4. The molecule has 5 heteroatoms. The fraction of sp³-hybridized carbons (Fsp3) is 0.632. The Hall–Kier alpha value is -1.59. The average Bonchev–Trinajstić information content (AvgIpc) is 2.99. The zero-order valence-electron chi connectivity index (χ0n) is 14.4. The van der Waals surface area contributed by atoms with Crippen molar-refractivity contribution in [2.75, 3.05) is 38.3 Å². The smallest absolute Gasteiger partial charge is 0.253 e. The average molecular weight is 329 g/mol. The molecule has 4 rings (SSSR count). The number of carbonyl (C=O) groups is 1. The van der Waals surface area contributed by atoms with Crippen molar-refractivity contribution in [1.29, 1.82) is 0 Å². The molecule has 1 N–H and O–H groups in total. The highest BCUT2D eigenvalue weighted by Gasteiger charge is 2.36. The van der Waals surface area contributed by atoms with Crippen LogP contribution in [0.4, 0.5) is 5.69 Å². The first-order valence-electron chi connectivity index (χ1n) is 9.16. The van der Waals surface area contributed by atoms with Gasteiger partial charge in [0, 0.05) is 49.5 Å². The van der Waals surface area contributed by atoms with Crippen molar-refractivity contribution < 1.29 is 9.53 Å². The van der Waals surface area contributed by atoms with E-state index in [2.05, 4.69) is 22.3 Å². The SMILES string of the molecule is CN(C(=O)c1ccc(N2CCOCC2)cc1)C1CC2CCC(C1)N2. The molecule has 3 saturated heterocycles. The first kappa shape index (κ1) is 15.9. The van der Waals surface area contributed by atoms with Crippen molar-refractivity contribution in [2.24, 2.45) is 0 Å². The Morgan fingerprint density at radius 2 is 1.75 bits per heavy atom. The Bertz CT molecular complexity index is 571. The summed E-state index contributed by atoms with van der Waals surface area (Å²) in [6.45, 7) is 3.40. The third kappa shape index (κ3) is 3.15. The molecule has 3 heterocycles. The predicted octanol–water partition coefficient (Wildman–Crippen LogP) is 1.88. The van der Waals surface area contributed by atoms with E-state index in [1.807, 2.05) is 24.1 Å². The van der Waals surface area contributed by atoms with Gasteiger partial charge in [-0.2, -0.15) is 0 Å². The predicted molar refractivity (Wildman–Crippen MR) is 94.5 cm³/mol. The molecule has 0 saturated carbocycles. The summed E-state index contributed by atoms with van der Waals surface area (Å²) < 4.78 is 5.40. The zero-order chi connectivity index (χ0) is 16.5. The van der Waals surface area contributed by atoms with E-state index in [1.54, 1.807) is 0 Å². The number of carbonyl (C=O) groups excluding carboxylic acids is 1. The number of amides is 1. The molecule has 3 fully saturated rings. The van der Waals surface area contributed by atoms with Gasteiger partial charge in [0.15, 0.2) is 0 Å². The first-order chi connectivity index (χ1) is 11.7. The molecule has 2 atom stereocenters. The van der Waals surface area contributed by atoms with Crippen LogP contribution in [-0.4, -0.2) is 62.3 Å². The second kappa shape index (κ2) is 6.73. The van der Waals surface area contributed by atoms with Crippen molar-refractivity contribution in [2.45, 2.75) is 43.8 Å². The van der Waals surface area contributed by atoms with Gasteiger partial charge in [-0.05, 0) is 49.9 Å². The number of anilines is 1. The summed E-state index contributed by atoms with van der Waals surface area (Å²) in [5.41, 5.74) is 1.97. The Morgan fingerprint density at radius 1 is 1.12 bits per heavy atom. The lowest BCUT2D eigenvalue weighted by atomic mass is 9.98. The van der Waals surface area contributed by atoms with E-state index < -0.39 is 0 Å². The van der Waals surface area contributed by atoms with Gasteiger partial charge in [-0.1, -0.05) is 0 Å². The van der Waals surface area contributed by atoms with Crippen LogP contribution >= 0.6 is 0 Å². The van der Waals surface area contributed by atoms with Gasteiger partial charge < -0.3 is 19.9 Å². The van der Waals surface area contributed by atoms with Crippen LogP contribution in [-0.2, 0) is 4.74 Å². The van der Waals surface area contributed by atoms with Crippen LogP contribution in [0.15, 0.2) is 24.3 Å². The van der Waals surface area contributed by atoms with Gasteiger partial charge in [0.1, 0.15) is 0 Å². The number of ether oxygens (including phenoxy) is 1. The van der Waals surface area contributed by atoms with E-state index in [1.165, 1.54) is 18.5 Å². The largest absolute Gasteiger partial charge is 0.378 e. The number of fused-ring (bicyclic) bond motifs is 2. The van der Waals surface area contributed by atoms with Crippen LogP contribution in [0.5, 0.6) is 0 Å². The molecule has 2 bridgehead atoms. The number of rotatable bonds is 3. The number of piperidine rings is 1. The Balaban J connectivity index is 1.42. The van der Waals surface area contributed by atoms with Gasteiger partial charge in [-0.3, -0.25) is 4.79 Å². The molecule has 130 valence electrons. The molecular formula is C19H27N3O2. The van der Waals surface area contributed by atoms with Gasteiger partial charge >= 0.3 is 0 Å². The molecule has 3 aliphatic heterocycles. The van der Waals surface area contributed by atoms with E-state index in [0.29, 0.717) is 18.1 Å². The van der Waals surface area contributed by atoms with Crippen LogP contribution in [0.2, 0.25) is 0 Å². The van der Waals surface area contributed by atoms with E-state index in [4.69, 9.17) is 4.74 Å². The van der Waals surface area contributed by atoms with Crippen LogP contribution in [0.1, 0.15) is 36.0 Å². The number of nitrogens with zero attached hydrogens (tertiary/aromatic N) is 2. The number of morpholine rings is 1. The molecule has 3 aliphatic rings. The Kier molecular flexibility index (Phi) is 4.46. The van der Waals surface area contributed by atoms with Crippen LogP contribution in [0, 0.1) is 0 Å². The summed E-state index contributed by atoms with van der Waals surface area (Å²) >= 11 is 0. The maximum atomic E-state index is 12.8. The highest BCUT2D eigenvalue weighted by Crippen LogP contribution is 2.30. The summed E-state index contributed by atoms with van der Waals surface area (Å²) in [6.07, 6.45) is 4.70. The van der Waals surface area contributed by atoms with Gasteiger partial charge in [-0.25, -0.2) is 0 Å². The molecule has 1 amide bonds. The maximum Gasteiger partial charge on any atom is 0.253 e. The monoisotopic (exact) mass is 329 g/mol. The Labute approximate surface area is 144 Å². The lowest BCUT2D eigenvalue weighted by molar-refractivity contribution is 0.0681.